The van der Waals surface area contributed by atoms with E-state index in [1.54, 1.807) is 25.3 Å². The van der Waals surface area contributed by atoms with Crippen LogP contribution in [-0.2, 0) is 0 Å². The first-order valence-corrected chi connectivity index (χ1v) is 10.8. The van der Waals surface area contributed by atoms with Gasteiger partial charge in [0.15, 0.2) is 22.5 Å². The van der Waals surface area contributed by atoms with Crippen molar-refractivity contribution >= 4 is 11.8 Å². The zero-order valence-electron chi connectivity index (χ0n) is 17.7. The molecule has 0 saturated heterocycles. The summed E-state index contributed by atoms with van der Waals surface area (Å²) in [5.41, 5.74) is 0.966. The molecule has 6 nitrogen and oxygen atoms in total. The molecule has 3 rings (SSSR count). The average molecular weight is 431 g/mol. The maximum Gasteiger partial charge on any atom is 0.196 e. The molecule has 30 heavy (non-hydrogen) atoms. The molecule has 3 aromatic rings. The molecule has 1 unspecified atom stereocenters. The van der Waals surface area contributed by atoms with Crippen molar-refractivity contribution in [1.29, 1.82) is 0 Å². The van der Waals surface area contributed by atoms with Gasteiger partial charge in [-0.2, -0.15) is 0 Å². The van der Waals surface area contributed by atoms with Crippen molar-refractivity contribution in [3.05, 3.63) is 60.2 Å². The van der Waals surface area contributed by atoms with Crippen LogP contribution in [0.3, 0.4) is 0 Å². The monoisotopic (exact) mass is 430 g/mol. The third kappa shape index (κ3) is 5.12. The number of thioether (sulfide) groups is 1. The Labute approximate surface area is 181 Å². The minimum absolute atomic E-state index is 0.128. The zero-order chi connectivity index (χ0) is 21.5. The fourth-order valence-electron chi connectivity index (χ4n) is 3.19. The smallest absolute Gasteiger partial charge is 0.196 e. The Balaban J connectivity index is 1.80. The van der Waals surface area contributed by atoms with Gasteiger partial charge in [0, 0.05) is 11.4 Å². The van der Waals surface area contributed by atoms with Crippen LogP contribution < -0.4 is 9.47 Å². The van der Waals surface area contributed by atoms with Crippen molar-refractivity contribution < 1.29 is 13.9 Å². The highest BCUT2D eigenvalue weighted by Gasteiger charge is 2.23. The van der Waals surface area contributed by atoms with Crippen LogP contribution in [0, 0.1) is 5.82 Å². The SMILES string of the molecule is CCC(c1nnc(SCCOc2ccccc2F)n1-c1ccc(OC)cc1)N(C)C. The fraction of sp³-hybridized carbons (Fsp3) is 0.364. The second-order valence-corrected chi connectivity index (χ2v) is 7.95. The number of rotatable bonds is 10. The molecule has 2 aromatic carbocycles. The predicted octanol–water partition coefficient (Wildman–Crippen LogP) is 4.60. The van der Waals surface area contributed by atoms with E-state index in [2.05, 4.69) is 26.6 Å². The van der Waals surface area contributed by atoms with E-state index in [1.165, 1.54) is 17.8 Å². The normalized spacial score (nSPS) is 12.2. The fourth-order valence-corrected chi connectivity index (χ4v) is 3.97. The van der Waals surface area contributed by atoms with Crippen LogP contribution in [0.2, 0.25) is 0 Å². The van der Waals surface area contributed by atoms with Gasteiger partial charge in [-0.15, -0.1) is 10.2 Å². The van der Waals surface area contributed by atoms with Gasteiger partial charge in [-0.1, -0.05) is 30.8 Å². The number of aromatic nitrogens is 3. The maximum absolute atomic E-state index is 13.7. The van der Waals surface area contributed by atoms with Crippen molar-refractivity contribution in [2.75, 3.05) is 33.6 Å². The summed E-state index contributed by atoms with van der Waals surface area (Å²) in [6.07, 6.45) is 0.905. The molecule has 0 saturated carbocycles. The van der Waals surface area contributed by atoms with Gasteiger partial charge in [-0.25, -0.2) is 4.39 Å². The van der Waals surface area contributed by atoms with Gasteiger partial charge in [0.2, 0.25) is 0 Å². The summed E-state index contributed by atoms with van der Waals surface area (Å²) in [6, 6.07) is 14.4. The van der Waals surface area contributed by atoms with Crippen LogP contribution in [0.1, 0.15) is 25.2 Å². The number of methoxy groups -OCH3 is 1. The minimum atomic E-state index is -0.358. The standard InChI is InChI=1S/C22H27FN4O2S/c1-5-19(26(2)3)21-24-25-22(27(21)16-10-12-17(28-4)13-11-16)30-15-14-29-20-9-7-6-8-18(20)23/h6-13,19H,5,14-15H2,1-4H3. The lowest BCUT2D eigenvalue weighted by Crippen LogP contribution is -2.22. The largest absolute Gasteiger partial charge is 0.497 e. The molecule has 0 radical (unpaired) electrons. The van der Waals surface area contributed by atoms with E-state index in [9.17, 15) is 4.39 Å². The number of para-hydroxylation sites is 1. The molecular weight excluding hydrogens is 403 g/mol. The summed E-state index contributed by atoms with van der Waals surface area (Å²) in [7, 11) is 5.72. The van der Waals surface area contributed by atoms with E-state index in [4.69, 9.17) is 9.47 Å². The van der Waals surface area contributed by atoms with Crippen LogP contribution in [0.4, 0.5) is 4.39 Å². The van der Waals surface area contributed by atoms with Crippen LogP contribution in [-0.4, -0.2) is 53.2 Å². The Bertz CT molecular complexity index is 947. The van der Waals surface area contributed by atoms with Crippen molar-refractivity contribution in [2.24, 2.45) is 0 Å². The summed E-state index contributed by atoms with van der Waals surface area (Å²) in [4.78, 5) is 2.14. The van der Waals surface area contributed by atoms with E-state index in [1.807, 2.05) is 38.4 Å². The van der Waals surface area contributed by atoms with E-state index >= 15 is 0 Å². The summed E-state index contributed by atoms with van der Waals surface area (Å²) >= 11 is 1.53. The molecule has 0 bridgehead atoms. The van der Waals surface area contributed by atoms with Gasteiger partial charge in [0.25, 0.3) is 0 Å². The van der Waals surface area contributed by atoms with Gasteiger partial charge < -0.3 is 9.47 Å². The van der Waals surface area contributed by atoms with Gasteiger partial charge in [-0.3, -0.25) is 9.47 Å². The molecule has 0 amide bonds. The summed E-state index contributed by atoms with van der Waals surface area (Å²) in [5.74, 6) is 2.18. The Morgan fingerprint density at radius 3 is 2.47 bits per heavy atom. The number of hydrogen-bond acceptors (Lipinski definition) is 6. The molecule has 0 aliphatic carbocycles. The van der Waals surface area contributed by atoms with Gasteiger partial charge in [-0.05, 0) is 56.9 Å². The first-order valence-electron chi connectivity index (χ1n) is 9.81. The van der Waals surface area contributed by atoms with Crippen LogP contribution in [0.15, 0.2) is 53.7 Å². The lowest BCUT2D eigenvalue weighted by Gasteiger charge is -2.23. The molecule has 1 atom stereocenters. The topological polar surface area (TPSA) is 52.4 Å². The van der Waals surface area contributed by atoms with E-state index in [0.717, 1.165) is 28.8 Å². The average Bonchev–Trinajstić information content (AvgIpc) is 3.16. The van der Waals surface area contributed by atoms with Crippen LogP contribution in [0.25, 0.3) is 5.69 Å². The number of nitrogens with zero attached hydrogens (tertiary/aromatic N) is 4. The lowest BCUT2D eigenvalue weighted by molar-refractivity contribution is 0.276. The first-order chi connectivity index (χ1) is 14.5. The van der Waals surface area contributed by atoms with Gasteiger partial charge in [0.1, 0.15) is 5.75 Å². The molecule has 0 fully saturated rings. The summed E-state index contributed by atoms with van der Waals surface area (Å²) in [5, 5.41) is 9.70. The number of ether oxygens (including phenoxy) is 2. The molecule has 0 spiro atoms. The first kappa shape index (κ1) is 22.1. The van der Waals surface area contributed by atoms with Crippen molar-refractivity contribution in [2.45, 2.75) is 24.5 Å². The Kier molecular flexibility index (Phi) is 7.70. The molecule has 8 heteroatoms. The predicted molar refractivity (Wildman–Crippen MR) is 117 cm³/mol. The van der Waals surface area contributed by atoms with Crippen molar-refractivity contribution in [3.8, 4) is 17.2 Å². The Hall–Kier alpha value is -2.58. The van der Waals surface area contributed by atoms with Crippen molar-refractivity contribution in [3.63, 3.8) is 0 Å². The number of benzene rings is 2. The molecule has 0 N–H and O–H groups in total. The minimum Gasteiger partial charge on any atom is -0.497 e. The third-order valence-corrected chi connectivity index (χ3v) is 5.60. The second kappa shape index (κ2) is 10.4. The Morgan fingerprint density at radius 1 is 1.10 bits per heavy atom. The summed E-state index contributed by atoms with van der Waals surface area (Å²) < 4.78 is 26.6. The highest BCUT2D eigenvalue weighted by atomic mass is 32.2. The van der Waals surface area contributed by atoms with Crippen LogP contribution in [0.5, 0.6) is 11.5 Å². The number of halogens is 1. The molecule has 0 aliphatic heterocycles. The number of hydrogen-bond donors (Lipinski definition) is 0. The summed E-state index contributed by atoms with van der Waals surface area (Å²) in [6.45, 7) is 2.49. The van der Waals surface area contributed by atoms with E-state index in [0.29, 0.717) is 12.4 Å². The van der Waals surface area contributed by atoms with Gasteiger partial charge >= 0.3 is 0 Å². The molecular formula is C22H27FN4O2S. The third-order valence-electron chi connectivity index (χ3n) is 4.71. The van der Waals surface area contributed by atoms with Crippen LogP contribution >= 0.6 is 11.8 Å². The molecule has 1 heterocycles. The maximum atomic E-state index is 13.7. The van der Waals surface area contributed by atoms with Crippen molar-refractivity contribution in [1.82, 2.24) is 19.7 Å². The highest BCUT2D eigenvalue weighted by molar-refractivity contribution is 7.99. The van der Waals surface area contributed by atoms with Gasteiger partial charge in [0.05, 0.1) is 19.8 Å². The van der Waals surface area contributed by atoms with E-state index < -0.39 is 0 Å². The Morgan fingerprint density at radius 2 is 1.83 bits per heavy atom. The molecule has 0 aliphatic rings. The molecule has 160 valence electrons. The second-order valence-electron chi connectivity index (χ2n) is 6.89. The quantitative estimate of drug-likeness (QED) is 0.346. The highest BCUT2D eigenvalue weighted by Crippen LogP contribution is 2.29. The van der Waals surface area contributed by atoms with E-state index in [-0.39, 0.29) is 17.6 Å². The zero-order valence-corrected chi connectivity index (χ0v) is 18.5. The lowest BCUT2D eigenvalue weighted by atomic mass is 10.2. The molecule has 1 aromatic heterocycles.